The van der Waals surface area contributed by atoms with Crippen LogP contribution in [0.1, 0.15) is 28.3 Å². The topological polar surface area (TPSA) is 93.5 Å². The Labute approximate surface area is 203 Å². The fraction of sp³-hybridized carbons (Fsp3) is 0.179. The van der Waals surface area contributed by atoms with E-state index in [0.717, 1.165) is 27.8 Å². The highest BCUT2D eigenvalue weighted by atomic mass is 16.5. The van der Waals surface area contributed by atoms with Gasteiger partial charge in [-0.1, -0.05) is 78.9 Å². The third kappa shape index (κ3) is 4.94. The van der Waals surface area contributed by atoms with Gasteiger partial charge < -0.3 is 19.7 Å². The van der Waals surface area contributed by atoms with Crippen LogP contribution < -0.4 is 5.32 Å². The van der Waals surface area contributed by atoms with E-state index in [0.29, 0.717) is 12.2 Å². The van der Waals surface area contributed by atoms with Gasteiger partial charge in [0.05, 0.1) is 12.0 Å². The highest BCUT2D eigenvalue weighted by Gasteiger charge is 2.30. The Morgan fingerprint density at radius 3 is 2.23 bits per heavy atom. The predicted octanol–water partition coefficient (Wildman–Crippen LogP) is 4.47. The van der Waals surface area contributed by atoms with Gasteiger partial charge in [-0.2, -0.15) is 0 Å². The molecule has 176 valence electrons. The lowest BCUT2D eigenvalue weighted by atomic mass is 9.98. The lowest BCUT2D eigenvalue weighted by molar-refractivity contribution is -0.139. The first-order chi connectivity index (χ1) is 17.1. The highest BCUT2D eigenvalue weighted by Crippen LogP contribution is 2.44. The molecule has 4 aromatic rings. The number of nitrogens with zero attached hydrogens (tertiary/aromatic N) is 2. The summed E-state index contributed by atoms with van der Waals surface area (Å²) in [5.74, 6) is -1.23. The molecule has 0 saturated heterocycles. The molecule has 1 heterocycles. The Hall–Kier alpha value is -4.39. The maximum absolute atomic E-state index is 12.6. The molecule has 5 rings (SSSR count). The molecule has 2 N–H and O–H groups in total. The first-order valence-electron chi connectivity index (χ1n) is 11.5. The number of carbonyl (C=O) groups is 2. The molecule has 1 aliphatic rings. The number of carbonyl (C=O) groups excluding carboxylic acids is 1. The molecule has 1 amide bonds. The van der Waals surface area contributed by atoms with Crippen molar-refractivity contribution >= 4 is 12.1 Å². The van der Waals surface area contributed by atoms with Crippen molar-refractivity contribution in [3.63, 3.8) is 0 Å². The number of ether oxygens (including phenoxy) is 1. The Morgan fingerprint density at radius 2 is 1.57 bits per heavy atom. The normalized spacial score (nSPS) is 13.0. The van der Waals surface area contributed by atoms with Gasteiger partial charge in [0, 0.05) is 25.1 Å². The Kier molecular flexibility index (Phi) is 6.30. The van der Waals surface area contributed by atoms with E-state index < -0.39 is 18.1 Å². The van der Waals surface area contributed by atoms with Crippen molar-refractivity contribution < 1.29 is 19.4 Å². The van der Waals surface area contributed by atoms with E-state index in [1.807, 2.05) is 71.3 Å². The number of carboxylic acids is 1. The molecule has 7 nitrogen and oxygen atoms in total. The van der Waals surface area contributed by atoms with Gasteiger partial charge in [-0.15, -0.1) is 0 Å². The van der Waals surface area contributed by atoms with Gasteiger partial charge in [0.15, 0.2) is 0 Å². The van der Waals surface area contributed by atoms with Crippen molar-refractivity contribution in [1.82, 2.24) is 14.9 Å². The van der Waals surface area contributed by atoms with E-state index in [9.17, 15) is 14.7 Å². The molecule has 0 unspecified atom stereocenters. The minimum absolute atomic E-state index is 0.0569. The van der Waals surface area contributed by atoms with Gasteiger partial charge in [0.25, 0.3) is 0 Å². The Morgan fingerprint density at radius 1 is 0.943 bits per heavy atom. The summed E-state index contributed by atoms with van der Waals surface area (Å²) in [5, 5.41) is 12.1. The Bertz CT molecular complexity index is 1300. The average molecular weight is 468 g/mol. The summed E-state index contributed by atoms with van der Waals surface area (Å²) in [6.45, 7) is 0.753. The van der Waals surface area contributed by atoms with E-state index in [2.05, 4.69) is 22.4 Å². The minimum atomic E-state index is -1.15. The van der Waals surface area contributed by atoms with Crippen LogP contribution in [0.4, 0.5) is 4.79 Å². The maximum atomic E-state index is 12.6. The molecular weight excluding hydrogens is 442 g/mol. The standard InChI is InChI=1S/C28H25N3O4/c32-27(33)26(14-20-16-31(18-29-20)15-19-8-2-1-3-9-19)30-28(34)35-17-25-23-12-6-4-10-21(23)22-11-5-7-13-24(22)25/h1-13,16,18,25-26H,14-15,17H2,(H,30,34)(H,32,33)/t26-/m1/s1. The van der Waals surface area contributed by atoms with Gasteiger partial charge >= 0.3 is 12.1 Å². The fourth-order valence-corrected chi connectivity index (χ4v) is 4.58. The number of aliphatic carboxylic acids is 1. The van der Waals surface area contributed by atoms with Crippen LogP contribution in [0.15, 0.2) is 91.4 Å². The molecule has 1 aliphatic carbocycles. The van der Waals surface area contributed by atoms with E-state index in [1.165, 1.54) is 0 Å². The molecule has 1 aromatic heterocycles. The van der Waals surface area contributed by atoms with E-state index in [4.69, 9.17) is 4.74 Å². The number of hydrogen-bond donors (Lipinski definition) is 2. The van der Waals surface area contributed by atoms with Crippen LogP contribution in [0, 0.1) is 0 Å². The van der Waals surface area contributed by atoms with Crippen LogP contribution in [0.2, 0.25) is 0 Å². The monoisotopic (exact) mass is 467 g/mol. The SMILES string of the molecule is O=C(N[C@H](Cc1cn(Cc2ccccc2)cn1)C(=O)O)OCC1c2ccccc2-c2ccccc21. The molecule has 35 heavy (non-hydrogen) atoms. The molecule has 0 fully saturated rings. The van der Waals surface area contributed by atoms with E-state index in [1.54, 1.807) is 12.5 Å². The van der Waals surface area contributed by atoms with Gasteiger partial charge in [-0.3, -0.25) is 0 Å². The minimum Gasteiger partial charge on any atom is -0.480 e. The number of aromatic nitrogens is 2. The number of carboxylic acid groups (broad SMARTS) is 1. The zero-order valence-electron chi connectivity index (χ0n) is 19.0. The third-order valence-corrected chi connectivity index (χ3v) is 6.24. The van der Waals surface area contributed by atoms with Crippen molar-refractivity contribution in [2.75, 3.05) is 6.61 Å². The number of fused-ring (bicyclic) bond motifs is 3. The maximum Gasteiger partial charge on any atom is 0.407 e. The van der Waals surface area contributed by atoms with Crippen molar-refractivity contribution in [2.24, 2.45) is 0 Å². The largest absolute Gasteiger partial charge is 0.480 e. The molecule has 0 spiro atoms. The number of alkyl carbamates (subject to hydrolysis) is 1. The van der Waals surface area contributed by atoms with Crippen LogP contribution in [0.5, 0.6) is 0 Å². The summed E-state index contributed by atoms with van der Waals surface area (Å²) in [7, 11) is 0. The number of rotatable bonds is 8. The van der Waals surface area contributed by atoms with Crippen molar-refractivity contribution in [3.05, 3.63) is 114 Å². The van der Waals surface area contributed by atoms with Gasteiger partial charge in [0.1, 0.15) is 12.6 Å². The van der Waals surface area contributed by atoms with Crippen LogP contribution in [0.25, 0.3) is 11.1 Å². The summed E-state index contributed by atoms with van der Waals surface area (Å²) in [6, 6.07) is 24.9. The number of benzene rings is 3. The summed E-state index contributed by atoms with van der Waals surface area (Å²) in [5.41, 5.74) is 6.15. The molecule has 1 atom stereocenters. The lowest BCUT2D eigenvalue weighted by Gasteiger charge is -2.17. The second kappa shape index (κ2) is 9.85. The average Bonchev–Trinajstić information content (AvgIpc) is 3.45. The van der Waals surface area contributed by atoms with Gasteiger partial charge in [-0.05, 0) is 27.8 Å². The van der Waals surface area contributed by atoms with E-state index in [-0.39, 0.29) is 18.9 Å². The molecule has 3 aromatic carbocycles. The van der Waals surface area contributed by atoms with Gasteiger partial charge in [0.2, 0.25) is 0 Å². The molecular formula is C28H25N3O4. The van der Waals surface area contributed by atoms with Crippen LogP contribution in [-0.4, -0.2) is 39.4 Å². The first kappa shape index (κ1) is 22.4. The number of imidazole rings is 1. The van der Waals surface area contributed by atoms with Crippen molar-refractivity contribution in [3.8, 4) is 11.1 Å². The zero-order chi connectivity index (χ0) is 24.2. The smallest absolute Gasteiger partial charge is 0.407 e. The predicted molar refractivity (Wildman–Crippen MR) is 131 cm³/mol. The molecule has 7 heteroatoms. The first-order valence-corrected chi connectivity index (χ1v) is 11.5. The lowest BCUT2D eigenvalue weighted by Crippen LogP contribution is -2.43. The van der Waals surface area contributed by atoms with Crippen molar-refractivity contribution in [2.45, 2.75) is 24.9 Å². The highest BCUT2D eigenvalue weighted by molar-refractivity contribution is 5.81. The quantitative estimate of drug-likeness (QED) is 0.399. The van der Waals surface area contributed by atoms with Crippen LogP contribution >= 0.6 is 0 Å². The fourth-order valence-electron chi connectivity index (χ4n) is 4.58. The van der Waals surface area contributed by atoms with Crippen LogP contribution in [-0.2, 0) is 22.5 Å². The molecule has 0 bridgehead atoms. The molecule has 0 aliphatic heterocycles. The third-order valence-electron chi connectivity index (χ3n) is 6.24. The second-order valence-corrected chi connectivity index (χ2v) is 8.59. The molecule has 0 radical (unpaired) electrons. The molecule has 0 saturated carbocycles. The van der Waals surface area contributed by atoms with Gasteiger partial charge in [-0.25, -0.2) is 14.6 Å². The zero-order valence-corrected chi connectivity index (χ0v) is 19.0. The summed E-state index contributed by atoms with van der Waals surface area (Å²) >= 11 is 0. The summed E-state index contributed by atoms with van der Waals surface area (Å²) < 4.78 is 7.39. The van der Waals surface area contributed by atoms with E-state index >= 15 is 0 Å². The summed E-state index contributed by atoms with van der Waals surface area (Å²) in [4.78, 5) is 28.7. The Balaban J connectivity index is 1.21. The number of nitrogens with one attached hydrogen (secondary N) is 1. The number of hydrogen-bond acceptors (Lipinski definition) is 4. The summed E-state index contributed by atoms with van der Waals surface area (Å²) in [6.07, 6.45) is 2.75. The number of amides is 1. The second-order valence-electron chi connectivity index (χ2n) is 8.59. The van der Waals surface area contributed by atoms with Crippen molar-refractivity contribution in [1.29, 1.82) is 0 Å². The van der Waals surface area contributed by atoms with Crippen LogP contribution in [0.3, 0.4) is 0 Å².